The van der Waals surface area contributed by atoms with E-state index in [2.05, 4.69) is 17.6 Å². The van der Waals surface area contributed by atoms with Crippen molar-refractivity contribution < 1.29 is 9.18 Å². The van der Waals surface area contributed by atoms with Gasteiger partial charge in [0.1, 0.15) is 5.82 Å². The Morgan fingerprint density at radius 2 is 2.12 bits per heavy atom. The summed E-state index contributed by atoms with van der Waals surface area (Å²) in [6.07, 6.45) is 3.10. The van der Waals surface area contributed by atoms with Crippen molar-refractivity contribution in [1.82, 2.24) is 15.5 Å². The lowest BCUT2D eigenvalue weighted by Crippen LogP contribution is -2.56. The number of nitrogens with zero attached hydrogens (tertiary/aromatic N) is 1. The molecule has 1 aromatic carbocycles. The van der Waals surface area contributed by atoms with Crippen molar-refractivity contribution in [3.8, 4) is 0 Å². The first-order valence-corrected chi connectivity index (χ1v) is 8.62. The van der Waals surface area contributed by atoms with Gasteiger partial charge in [0.15, 0.2) is 0 Å². The highest BCUT2D eigenvalue weighted by atomic mass is 35.5. The van der Waals surface area contributed by atoms with Crippen LogP contribution < -0.4 is 10.6 Å². The Kier molecular flexibility index (Phi) is 9.08. The minimum atomic E-state index is -0.188. The molecule has 1 aliphatic heterocycles. The summed E-state index contributed by atoms with van der Waals surface area (Å²) in [6.45, 7) is 7.27. The van der Waals surface area contributed by atoms with Gasteiger partial charge in [0.2, 0.25) is 0 Å². The minimum Gasteiger partial charge on any atom is -0.338 e. The SMILES string of the molecule is CCNC(=O)N1CCNCC1CCCC(C)c1ccc(F)cc1.Cl. The fourth-order valence-electron chi connectivity index (χ4n) is 3.16. The van der Waals surface area contributed by atoms with Gasteiger partial charge in [-0.15, -0.1) is 12.4 Å². The van der Waals surface area contributed by atoms with E-state index in [0.717, 1.165) is 38.9 Å². The summed E-state index contributed by atoms with van der Waals surface area (Å²) in [5, 5.41) is 6.27. The Hall–Kier alpha value is -1.33. The van der Waals surface area contributed by atoms with E-state index in [-0.39, 0.29) is 30.3 Å². The zero-order valence-corrected chi connectivity index (χ0v) is 15.4. The van der Waals surface area contributed by atoms with Gasteiger partial charge in [0.25, 0.3) is 0 Å². The summed E-state index contributed by atoms with van der Waals surface area (Å²) in [5.41, 5.74) is 1.17. The second kappa shape index (κ2) is 10.5. The monoisotopic (exact) mass is 357 g/mol. The second-order valence-corrected chi connectivity index (χ2v) is 6.27. The van der Waals surface area contributed by atoms with E-state index < -0.39 is 0 Å². The predicted molar refractivity (Wildman–Crippen MR) is 98.4 cm³/mol. The van der Waals surface area contributed by atoms with Crippen LogP contribution in [-0.4, -0.2) is 43.2 Å². The molecule has 6 heteroatoms. The van der Waals surface area contributed by atoms with Crippen LogP contribution in [0.25, 0.3) is 0 Å². The summed E-state index contributed by atoms with van der Waals surface area (Å²) in [7, 11) is 0. The van der Waals surface area contributed by atoms with Gasteiger partial charge >= 0.3 is 6.03 Å². The molecule has 4 nitrogen and oxygen atoms in total. The van der Waals surface area contributed by atoms with Crippen molar-refractivity contribution in [3.63, 3.8) is 0 Å². The zero-order valence-electron chi connectivity index (χ0n) is 14.6. The second-order valence-electron chi connectivity index (χ2n) is 6.27. The third-order valence-corrected chi connectivity index (χ3v) is 4.55. The first kappa shape index (κ1) is 20.7. The fourth-order valence-corrected chi connectivity index (χ4v) is 3.16. The van der Waals surface area contributed by atoms with Crippen LogP contribution in [0.3, 0.4) is 0 Å². The molecule has 2 rings (SSSR count). The Labute approximate surface area is 150 Å². The van der Waals surface area contributed by atoms with Gasteiger partial charge in [-0.25, -0.2) is 9.18 Å². The van der Waals surface area contributed by atoms with Crippen LogP contribution in [0.1, 0.15) is 44.6 Å². The number of halogens is 2. The van der Waals surface area contributed by atoms with Crippen LogP contribution >= 0.6 is 12.4 Å². The molecule has 2 amide bonds. The normalized spacial score (nSPS) is 18.6. The minimum absolute atomic E-state index is 0. The molecular formula is C18H29ClFN3O. The van der Waals surface area contributed by atoms with Crippen LogP contribution in [0.2, 0.25) is 0 Å². The van der Waals surface area contributed by atoms with Gasteiger partial charge in [0.05, 0.1) is 0 Å². The summed E-state index contributed by atoms with van der Waals surface area (Å²) >= 11 is 0. The number of rotatable bonds is 6. The van der Waals surface area contributed by atoms with E-state index in [1.165, 1.54) is 17.7 Å². The number of benzene rings is 1. The number of hydrogen-bond donors (Lipinski definition) is 2. The van der Waals surface area contributed by atoms with Gasteiger partial charge in [-0.2, -0.15) is 0 Å². The molecule has 0 aliphatic carbocycles. The molecule has 0 saturated carbocycles. The molecule has 1 fully saturated rings. The zero-order chi connectivity index (χ0) is 16.7. The topological polar surface area (TPSA) is 44.4 Å². The number of hydrogen-bond acceptors (Lipinski definition) is 2. The molecule has 136 valence electrons. The summed E-state index contributed by atoms with van der Waals surface area (Å²) in [5.74, 6) is 0.219. The van der Waals surface area contributed by atoms with Crippen molar-refractivity contribution >= 4 is 18.4 Å². The third kappa shape index (κ3) is 5.95. The number of carbonyl (C=O) groups excluding carboxylic acids is 1. The lowest BCUT2D eigenvalue weighted by molar-refractivity contribution is 0.152. The maximum Gasteiger partial charge on any atom is 0.317 e. The third-order valence-electron chi connectivity index (χ3n) is 4.55. The molecule has 0 radical (unpaired) electrons. The van der Waals surface area contributed by atoms with Crippen LogP contribution in [0, 0.1) is 5.82 Å². The smallest absolute Gasteiger partial charge is 0.317 e. The molecule has 1 aliphatic rings. The van der Waals surface area contributed by atoms with Crippen molar-refractivity contribution in [2.75, 3.05) is 26.2 Å². The average Bonchev–Trinajstić information content (AvgIpc) is 2.56. The maximum atomic E-state index is 13.0. The van der Waals surface area contributed by atoms with Crippen LogP contribution in [0.5, 0.6) is 0 Å². The lowest BCUT2D eigenvalue weighted by atomic mass is 9.94. The highest BCUT2D eigenvalue weighted by molar-refractivity contribution is 5.85. The highest BCUT2D eigenvalue weighted by Crippen LogP contribution is 2.23. The summed E-state index contributed by atoms with van der Waals surface area (Å²) in [4.78, 5) is 14.1. The van der Waals surface area contributed by atoms with E-state index in [1.54, 1.807) is 0 Å². The Bertz CT molecular complexity index is 498. The number of amides is 2. The van der Waals surface area contributed by atoms with E-state index >= 15 is 0 Å². The van der Waals surface area contributed by atoms with Gasteiger partial charge in [-0.1, -0.05) is 25.5 Å². The Morgan fingerprint density at radius 1 is 1.42 bits per heavy atom. The van der Waals surface area contributed by atoms with Crippen molar-refractivity contribution in [3.05, 3.63) is 35.6 Å². The first-order chi connectivity index (χ1) is 11.1. The molecular weight excluding hydrogens is 329 g/mol. The Morgan fingerprint density at radius 3 is 2.79 bits per heavy atom. The molecule has 1 aromatic rings. The predicted octanol–water partition coefficient (Wildman–Crippen LogP) is 3.52. The van der Waals surface area contributed by atoms with Gasteiger partial charge in [-0.05, 0) is 43.4 Å². The van der Waals surface area contributed by atoms with Crippen molar-refractivity contribution in [2.24, 2.45) is 0 Å². The maximum absolute atomic E-state index is 13.0. The Balaban J connectivity index is 0.00000288. The molecule has 2 unspecified atom stereocenters. The van der Waals surface area contributed by atoms with Gasteiger partial charge in [-0.3, -0.25) is 0 Å². The molecule has 0 bridgehead atoms. The van der Waals surface area contributed by atoms with Gasteiger partial charge in [0, 0.05) is 32.2 Å². The fraction of sp³-hybridized carbons (Fsp3) is 0.611. The average molecular weight is 358 g/mol. The summed E-state index contributed by atoms with van der Waals surface area (Å²) in [6, 6.07) is 7.08. The molecule has 24 heavy (non-hydrogen) atoms. The largest absolute Gasteiger partial charge is 0.338 e. The molecule has 2 N–H and O–H groups in total. The van der Waals surface area contributed by atoms with Crippen LogP contribution in [0.4, 0.5) is 9.18 Å². The number of carbonyl (C=O) groups is 1. The van der Waals surface area contributed by atoms with E-state index in [4.69, 9.17) is 0 Å². The number of piperazine rings is 1. The van der Waals surface area contributed by atoms with Crippen LogP contribution in [-0.2, 0) is 0 Å². The van der Waals surface area contributed by atoms with E-state index in [0.29, 0.717) is 12.5 Å². The molecule has 0 aromatic heterocycles. The molecule has 1 saturated heterocycles. The standard InChI is InChI=1S/C18H28FN3O.ClH/c1-3-21-18(23)22-12-11-20-13-17(22)6-4-5-14(2)15-7-9-16(19)10-8-15;/h7-10,14,17,20H,3-6,11-13H2,1-2H3,(H,21,23);1H. The lowest BCUT2D eigenvalue weighted by Gasteiger charge is -2.36. The molecule has 1 heterocycles. The first-order valence-electron chi connectivity index (χ1n) is 8.62. The van der Waals surface area contributed by atoms with Crippen molar-refractivity contribution in [2.45, 2.75) is 45.1 Å². The van der Waals surface area contributed by atoms with Gasteiger partial charge < -0.3 is 15.5 Å². The van der Waals surface area contributed by atoms with Crippen molar-refractivity contribution in [1.29, 1.82) is 0 Å². The summed E-state index contributed by atoms with van der Waals surface area (Å²) < 4.78 is 13.0. The molecule has 0 spiro atoms. The van der Waals surface area contributed by atoms with E-state index in [9.17, 15) is 9.18 Å². The van der Waals surface area contributed by atoms with E-state index in [1.807, 2.05) is 24.0 Å². The molecule has 2 atom stereocenters. The highest BCUT2D eigenvalue weighted by Gasteiger charge is 2.25. The number of urea groups is 1. The number of nitrogens with one attached hydrogen (secondary N) is 2. The quantitative estimate of drug-likeness (QED) is 0.818. The van der Waals surface area contributed by atoms with Crippen LogP contribution in [0.15, 0.2) is 24.3 Å².